The molecule has 3 heteroatoms. The number of amides is 1. The van der Waals surface area contributed by atoms with Gasteiger partial charge in [-0.3, -0.25) is 4.79 Å². The zero-order valence-corrected chi connectivity index (χ0v) is 9.97. The van der Waals surface area contributed by atoms with Crippen molar-refractivity contribution in [1.29, 1.82) is 0 Å². The third-order valence-corrected chi connectivity index (χ3v) is 3.11. The molecule has 17 heavy (non-hydrogen) atoms. The van der Waals surface area contributed by atoms with Gasteiger partial charge in [0.25, 0.3) is 0 Å². The van der Waals surface area contributed by atoms with Gasteiger partial charge in [-0.2, -0.15) is 0 Å². The second kappa shape index (κ2) is 5.15. The number of benzene rings is 1. The average molecular weight is 230 g/mol. The lowest BCUT2D eigenvalue weighted by molar-refractivity contribution is -0.124. The topological polar surface area (TPSA) is 55.1 Å². The summed E-state index contributed by atoms with van der Waals surface area (Å²) in [6.07, 6.45) is 4.52. The summed E-state index contributed by atoms with van der Waals surface area (Å²) in [4.78, 5) is 12.0. The lowest BCUT2D eigenvalue weighted by Crippen LogP contribution is -2.32. The van der Waals surface area contributed by atoms with Crippen molar-refractivity contribution >= 4 is 5.91 Å². The first-order valence-corrected chi connectivity index (χ1v) is 5.96. The number of carbonyl (C=O) groups excluding carboxylic acids is 1. The van der Waals surface area contributed by atoms with Crippen molar-refractivity contribution in [2.24, 2.45) is 11.7 Å². The molecule has 0 saturated carbocycles. The van der Waals surface area contributed by atoms with E-state index in [9.17, 15) is 4.79 Å². The van der Waals surface area contributed by atoms with Crippen molar-refractivity contribution in [2.75, 3.05) is 0 Å². The van der Waals surface area contributed by atoms with Gasteiger partial charge in [0.15, 0.2) is 0 Å². The van der Waals surface area contributed by atoms with Crippen LogP contribution in [0.25, 0.3) is 0 Å². The van der Waals surface area contributed by atoms with E-state index in [-0.39, 0.29) is 23.9 Å². The van der Waals surface area contributed by atoms with E-state index >= 15 is 0 Å². The maximum absolute atomic E-state index is 12.0. The van der Waals surface area contributed by atoms with Gasteiger partial charge in [0.05, 0.1) is 12.0 Å². The van der Waals surface area contributed by atoms with Crippen LogP contribution >= 0.6 is 0 Å². The minimum Gasteiger partial charge on any atom is -0.349 e. The van der Waals surface area contributed by atoms with Crippen molar-refractivity contribution in [2.45, 2.75) is 25.4 Å². The van der Waals surface area contributed by atoms with E-state index in [0.29, 0.717) is 6.42 Å². The molecule has 2 unspecified atom stereocenters. The highest BCUT2D eigenvalue weighted by Gasteiger charge is 2.23. The fourth-order valence-corrected chi connectivity index (χ4v) is 2.07. The lowest BCUT2D eigenvalue weighted by atomic mass is 10.0. The summed E-state index contributed by atoms with van der Waals surface area (Å²) in [6, 6.07) is 10.0. The highest BCUT2D eigenvalue weighted by molar-refractivity contribution is 5.81. The fourth-order valence-electron chi connectivity index (χ4n) is 2.07. The Morgan fingerprint density at radius 1 is 1.35 bits per heavy atom. The van der Waals surface area contributed by atoms with Crippen LogP contribution < -0.4 is 11.1 Å². The molecule has 0 radical (unpaired) electrons. The number of nitrogens with two attached hydrogens (primary N) is 1. The predicted molar refractivity (Wildman–Crippen MR) is 68.2 cm³/mol. The SMILES string of the molecule is C[C@@H](NC(=O)C1C=CC(N)C1)c1ccccc1. The first-order valence-electron chi connectivity index (χ1n) is 5.96. The van der Waals surface area contributed by atoms with Crippen LogP contribution in [-0.4, -0.2) is 11.9 Å². The molecular formula is C14H18N2O. The van der Waals surface area contributed by atoms with Gasteiger partial charge in [-0.15, -0.1) is 0 Å². The predicted octanol–water partition coefficient (Wildman–Crippen LogP) is 1.77. The molecule has 3 N–H and O–H groups in total. The van der Waals surface area contributed by atoms with Gasteiger partial charge >= 0.3 is 0 Å². The van der Waals surface area contributed by atoms with E-state index in [2.05, 4.69) is 5.32 Å². The van der Waals surface area contributed by atoms with Gasteiger partial charge in [-0.25, -0.2) is 0 Å². The Bertz CT molecular complexity index is 413. The van der Waals surface area contributed by atoms with Gasteiger partial charge in [-0.1, -0.05) is 42.5 Å². The molecule has 0 fully saturated rings. The molecule has 0 aromatic heterocycles. The molecule has 1 aliphatic carbocycles. The summed E-state index contributed by atoms with van der Waals surface area (Å²) in [6.45, 7) is 1.99. The van der Waals surface area contributed by atoms with E-state index in [1.165, 1.54) is 0 Å². The van der Waals surface area contributed by atoms with Crippen LogP contribution in [0, 0.1) is 5.92 Å². The molecule has 1 aromatic rings. The number of hydrogen-bond donors (Lipinski definition) is 2. The quantitative estimate of drug-likeness (QED) is 0.777. The Morgan fingerprint density at radius 3 is 2.65 bits per heavy atom. The van der Waals surface area contributed by atoms with Crippen LogP contribution in [0.15, 0.2) is 42.5 Å². The van der Waals surface area contributed by atoms with Crippen molar-refractivity contribution in [3.8, 4) is 0 Å². The van der Waals surface area contributed by atoms with E-state index < -0.39 is 0 Å². The summed E-state index contributed by atoms with van der Waals surface area (Å²) in [5.74, 6) is -0.0123. The standard InChI is InChI=1S/C14H18N2O/c1-10(11-5-3-2-4-6-11)16-14(17)12-7-8-13(15)9-12/h2-8,10,12-13H,9,15H2,1H3,(H,16,17)/t10-,12?,13?/m1/s1. The van der Waals surface area contributed by atoms with Crippen molar-refractivity contribution in [3.05, 3.63) is 48.0 Å². The van der Waals surface area contributed by atoms with Gasteiger partial charge in [0.1, 0.15) is 0 Å². The average Bonchev–Trinajstić information content (AvgIpc) is 2.77. The van der Waals surface area contributed by atoms with Crippen LogP contribution in [0.3, 0.4) is 0 Å². The van der Waals surface area contributed by atoms with Gasteiger partial charge in [-0.05, 0) is 18.9 Å². The Hall–Kier alpha value is -1.61. The van der Waals surface area contributed by atoms with Crippen LogP contribution in [0.1, 0.15) is 24.9 Å². The highest BCUT2D eigenvalue weighted by atomic mass is 16.1. The van der Waals surface area contributed by atoms with Crippen LogP contribution in [0.4, 0.5) is 0 Å². The van der Waals surface area contributed by atoms with Crippen molar-refractivity contribution in [3.63, 3.8) is 0 Å². The first-order chi connectivity index (χ1) is 8.16. The maximum Gasteiger partial charge on any atom is 0.227 e. The maximum atomic E-state index is 12.0. The normalized spacial score (nSPS) is 24.6. The molecule has 0 spiro atoms. The fraction of sp³-hybridized carbons (Fsp3) is 0.357. The molecule has 1 aromatic carbocycles. The van der Waals surface area contributed by atoms with Crippen LogP contribution in [0.5, 0.6) is 0 Å². The van der Waals surface area contributed by atoms with E-state index in [4.69, 9.17) is 5.73 Å². The summed E-state index contributed by atoms with van der Waals surface area (Å²) in [5, 5.41) is 3.01. The summed E-state index contributed by atoms with van der Waals surface area (Å²) < 4.78 is 0. The van der Waals surface area contributed by atoms with Gasteiger partial charge < -0.3 is 11.1 Å². The van der Waals surface area contributed by atoms with Crippen LogP contribution in [-0.2, 0) is 4.79 Å². The minimum absolute atomic E-state index is 0.0257. The second-order valence-corrected chi connectivity index (χ2v) is 4.53. The third-order valence-electron chi connectivity index (χ3n) is 3.11. The monoisotopic (exact) mass is 230 g/mol. The number of nitrogens with one attached hydrogen (secondary N) is 1. The van der Waals surface area contributed by atoms with Crippen molar-refractivity contribution < 1.29 is 4.79 Å². The largest absolute Gasteiger partial charge is 0.349 e. The van der Waals surface area contributed by atoms with E-state index in [1.54, 1.807) is 0 Å². The third kappa shape index (κ3) is 2.94. The minimum atomic E-state index is -0.0730. The summed E-state index contributed by atoms with van der Waals surface area (Å²) in [7, 11) is 0. The van der Waals surface area contributed by atoms with Crippen molar-refractivity contribution in [1.82, 2.24) is 5.32 Å². The van der Waals surface area contributed by atoms with Gasteiger partial charge in [0, 0.05) is 6.04 Å². The molecule has 3 nitrogen and oxygen atoms in total. The van der Waals surface area contributed by atoms with Gasteiger partial charge in [0.2, 0.25) is 5.91 Å². The summed E-state index contributed by atoms with van der Waals surface area (Å²) >= 11 is 0. The zero-order valence-electron chi connectivity index (χ0n) is 9.97. The Balaban J connectivity index is 1.93. The molecule has 2 rings (SSSR count). The second-order valence-electron chi connectivity index (χ2n) is 4.53. The zero-order chi connectivity index (χ0) is 12.3. The number of hydrogen-bond acceptors (Lipinski definition) is 2. The van der Waals surface area contributed by atoms with E-state index in [0.717, 1.165) is 5.56 Å². The molecule has 0 aliphatic heterocycles. The Kier molecular flexibility index (Phi) is 3.59. The molecule has 0 heterocycles. The lowest BCUT2D eigenvalue weighted by Gasteiger charge is -2.17. The molecule has 0 saturated heterocycles. The molecule has 3 atom stereocenters. The molecule has 1 aliphatic rings. The van der Waals surface area contributed by atoms with Crippen LogP contribution in [0.2, 0.25) is 0 Å². The number of carbonyl (C=O) groups is 1. The van der Waals surface area contributed by atoms with E-state index in [1.807, 2.05) is 49.4 Å². The molecular weight excluding hydrogens is 212 g/mol. The molecule has 1 amide bonds. The summed E-state index contributed by atoms with van der Waals surface area (Å²) in [5.41, 5.74) is 6.86. The Labute approximate surface area is 102 Å². The smallest absolute Gasteiger partial charge is 0.227 e. The molecule has 0 bridgehead atoms. The Morgan fingerprint density at radius 2 is 2.06 bits per heavy atom. The highest BCUT2D eigenvalue weighted by Crippen LogP contribution is 2.18. The number of rotatable bonds is 3. The first kappa shape index (κ1) is 11.9. The molecule has 90 valence electrons.